The van der Waals surface area contributed by atoms with Gasteiger partial charge in [-0.15, -0.1) is 0 Å². The molecule has 0 spiro atoms. The van der Waals surface area contributed by atoms with Crippen LogP contribution in [0.5, 0.6) is 0 Å². The van der Waals surface area contributed by atoms with Gasteiger partial charge in [-0.2, -0.15) is 0 Å². The van der Waals surface area contributed by atoms with Gasteiger partial charge in [-0.05, 0) is 18.2 Å². The minimum atomic E-state index is -1.46. The monoisotopic (exact) mass is 452 g/mol. The molecular weight excluding hydrogens is 430 g/mol. The molecule has 0 aliphatic rings. The number of nitro groups is 1. The molecule has 0 saturated heterocycles. The minimum Gasteiger partial charge on any atom is -0.468 e. The standard InChI is InChI=1S/C20H22F2N4O6/c1-31-19(27)17(24-9-11-13(21)5-3-7-15(11)23)18(20(28)32-2)25-10-12-14(22)6-4-8-16(12)26(29)30/h3-8,17-18,24-25H,9-10,23H2,1-2H3. The normalized spacial score (nSPS) is 12.6. The molecule has 2 atom stereocenters. The molecule has 2 aromatic carbocycles. The number of nitrogen functional groups attached to an aromatic ring is 1. The molecule has 0 aliphatic heterocycles. The van der Waals surface area contributed by atoms with Crippen molar-refractivity contribution in [2.75, 3.05) is 20.0 Å². The first-order valence-corrected chi connectivity index (χ1v) is 9.28. The van der Waals surface area contributed by atoms with Gasteiger partial charge >= 0.3 is 11.9 Å². The van der Waals surface area contributed by atoms with E-state index in [1.165, 1.54) is 24.3 Å². The number of nitrogens with two attached hydrogens (primary N) is 1. The van der Waals surface area contributed by atoms with Gasteiger partial charge in [0.05, 0.1) is 24.7 Å². The molecule has 2 rings (SSSR count). The SMILES string of the molecule is COC(=O)C(NCc1c(N)cccc1F)C(NCc1c(F)cccc1[N+](=O)[O-])C(=O)OC. The lowest BCUT2D eigenvalue weighted by Gasteiger charge is -2.25. The average molecular weight is 452 g/mol. The van der Waals surface area contributed by atoms with Crippen LogP contribution in [0.2, 0.25) is 0 Å². The van der Waals surface area contributed by atoms with Crippen molar-refractivity contribution in [3.05, 3.63) is 69.3 Å². The van der Waals surface area contributed by atoms with Crippen molar-refractivity contribution < 1.29 is 32.8 Å². The van der Waals surface area contributed by atoms with E-state index in [2.05, 4.69) is 10.6 Å². The maximum Gasteiger partial charge on any atom is 0.325 e. The molecule has 0 heterocycles. The van der Waals surface area contributed by atoms with E-state index in [0.29, 0.717) is 0 Å². The highest BCUT2D eigenvalue weighted by Crippen LogP contribution is 2.21. The zero-order valence-electron chi connectivity index (χ0n) is 17.3. The molecule has 12 heteroatoms. The van der Waals surface area contributed by atoms with Crippen molar-refractivity contribution in [1.82, 2.24) is 10.6 Å². The number of carbonyl (C=O) groups is 2. The topological polar surface area (TPSA) is 146 Å². The predicted octanol–water partition coefficient (Wildman–Crippen LogP) is 1.42. The third-order valence-electron chi connectivity index (χ3n) is 4.69. The van der Waals surface area contributed by atoms with Gasteiger partial charge in [0.25, 0.3) is 5.69 Å². The van der Waals surface area contributed by atoms with E-state index in [4.69, 9.17) is 15.2 Å². The molecule has 0 aromatic heterocycles. The fourth-order valence-electron chi connectivity index (χ4n) is 3.01. The Bertz CT molecular complexity index is 984. The molecule has 0 amide bonds. The summed E-state index contributed by atoms with van der Waals surface area (Å²) in [5, 5.41) is 16.5. The van der Waals surface area contributed by atoms with Crippen molar-refractivity contribution in [2.24, 2.45) is 0 Å². The lowest BCUT2D eigenvalue weighted by Crippen LogP contribution is -2.56. The van der Waals surface area contributed by atoms with Crippen molar-refractivity contribution in [3.8, 4) is 0 Å². The van der Waals surface area contributed by atoms with Crippen molar-refractivity contribution >= 4 is 23.3 Å². The third-order valence-corrected chi connectivity index (χ3v) is 4.69. The average Bonchev–Trinajstić information content (AvgIpc) is 2.76. The van der Waals surface area contributed by atoms with Crippen LogP contribution < -0.4 is 16.4 Å². The number of ether oxygens (including phenoxy) is 2. The highest BCUT2D eigenvalue weighted by atomic mass is 19.1. The molecule has 2 unspecified atom stereocenters. The second kappa shape index (κ2) is 11.1. The van der Waals surface area contributed by atoms with Gasteiger partial charge in [0, 0.05) is 30.4 Å². The summed E-state index contributed by atoms with van der Waals surface area (Å²) in [6.45, 7) is -0.743. The molecule has 172 valence electrons. The van der Waals surface area contributed by atoms with Crippen LogP contribution in [-0.4, -0.2) is 43.2 Å². The number of rotatable bonds is 10. The summed E-state index contributed by atoms with van der Waals surface area (Å²) in [5.74, 6) is -3.36. The summed E-state index contributed by atoms with van der Waals surface area (Å²) in [6.07, 6.45) is 0. The number of benzene rings is 2. The number of nitrogens with one attached hydrogen (secondary N) is 2. The molecule has 0 bridgehead atoms. The zero-order valence-corrected chi connectivity index (χ0v) is 17.3. The Morgan fingerprint density at radius 2 is 1.44 bits per heavy atom. The zero-order chi connectivity index (χ0) is 23.8. The second-order valence-electron chi connectivity index (χ2n) is 6.57. The fourth-order valence-corrected chi connectivity index (χ4v) is 3.01. The Hall–Kier alpha value is -3.64. The van der Waals surface area contributed by atoms with E-state index in [0.717, 1.165) is 26.4 Å². The summed E-state index contributed by atoms with van der Waals surface area (Å²) in [4.78, 5) is 35.2. The smallest absolute Gasteiger partial charge is 0.325 e. The minimum absolute atomic E-state index is 0.0507. The molecule has 0 fully saturated rings. The summed E-state index contributed by atoms with van der Waals surface area (Å²) in [6, 6.07) is 4.46. The van der Waals surface area contributed by atoms with Gasteiger partial charge < -0.3 is 15.2 Å². The van der Waals surface area contributed by atoms with Crippen LogP contribution in [0.3, 0.4) is 0 Å². The highest BCUT2D eigenvalue weighted by molar-refractivity contribution is 5.87. The summed E-state index contributed by atoms with van der Waals surface area (Å²) < 4.78 is 37.7. The quantitative estimate of drug-likeness (QED) is 0.211. The van der Waals surface area contributed by atoms with Gasteiger partial charge in [-0.25, -0.2) is 8.78 Å². The molecule has 0 radical (unpaired) electrons. The lowest BCUT2D eigenvalue weighted by atomic mass is 10.1. The van der Waals surface area contributed by atoms with Crippen LogP contribution in [0, 0.1) is 21.7 Å². The van der Waals surface area contributed by atoms with Crippen LogP contribution in [0.15, 0.2) is 36.4 Å². The largest absolute Gasteiger partial charge is 0.468 e. The first-order valence-electron chi connectivity index (χ1n) is 9.28. The Balaban J connectivity index is 2.32. The maximum absolute atomic E-state index is 14.2. The Labute approximate surface area is 181 Å². The van der Waals surface area contributed by atoms with E-state index in [9.17, 15) is 28.5 Å². The van der Waals surface area contributed by atoms with Gasteiger partial charge in [0.15, 0.2) is 0 Å². The number of methoxy groups -OCH3 is 2. The molecule has 4 N–H and O–H groups in total. The Kier molecular flexibility index (Phi) is 8.55. The number of hydrogen-bond donors (Lipinski definition) is 3. The predicted molar refractivity (Wildman–Crippen MR) is 109 cm³/mol. The highest BCUT2D eigenvalue weighted by Gasteiger charge is 2.36. The van der Waals surface area contributed by atoms with Crippen molar-refractivity contribution in [1.29, 1.82) is 0 Å². The van der Waals surface area contributed by atoms with E-state index in [-0.39, 0.29) is 23.4 Å². The molecule has 10 nitrogen and oxygen atoms in total. The van der Waals surface area contributed by atoms with E-state index in [1.807, 2.05) is 0 Å². The van der Waals surface area contributed by atoms with Gasteiger partial charge in [-0.3, -0.25) is 30.3 Å². The number of nitro benzene ring substituents is 1. The van der Waals surface area contributed by atoms with E-state index < -0.39 is 52.8 Å². The molecular formula is C20H22F2N4O6. The van der Waals surface area contributed by atoms with E-state index in [1.54, 1.807) is 0 Å². The lowest BCUT2D eigenvalue weighted by molar-refractivity contribution is -0.385. The number of halogens is 2. The molecule has 2 aromatic rings. The van der Waals surface area contributed by atoms with Crippen LogP contribution in [0.25, 0.3) is 0 Å². The third kappa shape index (κ3) is 5.74. The van der Waals surface area contributed by atoms with Gasteiger partial charge in [0.2, 0.25) is 0 Å². The number of nitrogens with zero attached hydrogens (tertiary/aromatic N) is 1. The summed E-state index contributed by atoms with van der Waals surface area (Å²) in [5.41, 5.74) is 5.10. The maximum atomic E-state index is 14.2. The van der Waals surface area contributed by atoms with Crippen molar-refractivity contribution in [3.63, 3.8) is 0 Å². The number of carbonyl (C=O) groups excluding carboxylic acids is 2. The Morgan fingerprint density at radius 1 is 0.969 bits per heavy atom. The van der Waals surface area contributed by atoms with Crippen molar-refractivity contribution in [2.45, 2.75) is 25.2 Å². The number of hydrogen-bond acceptors (Lipinski definition) is 9. The van der Waals surface area contributed by atoms with Crippen LogP contribution >= 0.6 is 0 Å². The first-order chi connectivity index (χ1) is 15.2. The first kappa shape index (κ1) is 24.6. The molecule has 0 saturated carbocycles. The summed E-state index contributed by atoms with van der Waals surface area (Å²) in [7, 11) is 2.14. The second-order valence-corrected chi connectivity index (χ2v) is 6.57. The fraction of sp³-hybridized carbons (Fsp3) is 0.300. The van der Waals surface area contributed by atoms with Crippen LogP contribution in [0.1, 0.15) is 11.1 Å². The van der Waals surface area contributed by atoms with Crippen LogP contribution in [0.4, 0.5) is 20.2 Å². The van der Waals surface area contributed by atoms with Gasteiger partial charge in [0.1, 0.15) is 23.7 Å². The number of esters is 2. The molecule has 0 aliphatic carbocycles. The Morgan fingerprint density at radius 3 is 1.91 bits per heavy atom. The van der Waals surface area contributed by atoms with Crippen LogP contribution in [-0.2, 0) is 32.2 Å². The van der Waals surface area contributed by atoms with E-state index >= 15 is 0 Å². The molecule has 32 heavy (non-hydrogen) atoms. The summed E-state index contributed by atoms with van der Waals surface area (Å²) >= 11 is 0. The van der Waals surface area contributed by atoms with Gasteiger partial charge in [-0.1, -0.05) is 12.1 Å². The number of anilines is 1.